The number of nitrogens with one attached hydrogen (secondary N) is 3. The third kappa shape index (κ3) is 6.27. The van der Waals surface area contributed by atoms with E-state index < -0.39 is 0 Å². The molecular formula is C27H45N6O4S2+. The summed E-state index contributed by atoms with van der Waals surface area (Å²) in [6.45, 7) is 3.62. The van der Waals surface area contributed by atoms with E-state index in [1.54, 1.807) is 17.8 Å². The summed E-state index contributed by atoms with van der Waals surface area (Å²) >= 11 is 3.70. The second kappa shape index (κ2) is 12.5. The number of morpholine rings is 1. The summed E-state index contributed by atoms with van der Waals surface area (Å²) < 4.78 is 12.0. The molecule has 4 saturated heterocycles. The van der Waals surface area contributed by atoms with E-state index in [-0.39, 0.29) is 40.5 Å². The van der Waals surface area contributed by atoms with Crippen LogP contribution in [0.3, 0.4) is 0 Å². The number of amides is 1. The quantitative estimate of drug-likeness (QED) is 0.261. The van der Waals surface area contributed by atoms with E-state index in [2.05, 4.69) is 26.6 Å². The molecule has 12 heteroatoms. The van der Waals surface area contributed by atoms with Crippen LogP contribution in [0.5, 0.6) is 0 Å². The Morgan fingerprint density at radius 1 is 1.10 bits per heavy atom. The Hall–Kier alpha value is -1.02. The van der Waals surface area contributed by atoms with Crippen LogP contribution in [0.15, 0.2) is 12.0 Å². The highest BCUT2D eigenvalue weighted by atomic mass is 32.2. The van der Waals surface area contributed by atoms with Crippen LogP contribution < -0.4 is 27.4 Å². The molecule has 1 amide bonds. The van der Waals surface area contributed by atoms with Crippen molar-refractivity contribution in [3.8, 4) is 0 Å². The zero-order chi connectivity index (χ0) is 26.9. The molecule has 5 fully saturated rings. The zero-order valence-electron chi connectivity index (χ0n) is 22.7. The molecule has 1 aliphatic carbocycles. The van der Waals surface area contributed by atoms with Gasteiger partial charge in [0, 0.05) is 55.9 Å². The molecule has 5 heterocycles. The molecule has 10 nitrogen and oxygen atoms in total. The maximum Gasteiger partial charge on any atom is 0.236 e. The highest BCUT2D eigenvalue weighted by molar-refractivity contribution is 8.01. The lowest BCUT2D eigenvalue weighted by Crippen LogP contribution is -2.72. The van der Waals surface area contributed by atoms with Crippen molar-refractivity contribution in [1.29, 1.82) is 0 Å². The first-order valence-corrected chi connectivity index (χ1v) is 16.9. The average molecular weight is 582 g/mol. The smallest absolute Gasteiger partial charge is 0.236 e. The maximum absolute atomic E-state index is 13.0. The van der Waals surface area contributed by atoms with Crippen LogP contribution in [-0.4, -0.2) is 108 Å². The standard InChI is InChI=1S/C27H44N6O4S2/c28-18-3-1-2-4-19(18)31-16-10-20(24(27(29)35)30-12-16)32-22-9-15(13-38-22)17-14-39-26-21(34)11-23(37-25(17)26)33-5-7-36-8-6-33/h11,15-20,22,24-26,30-32H,1-10,12-14,28H2,(H2,29,35)/p+1/t15?,16?,17?,18-,19+,20?,22?,24?,25?,26?/m1/s1. The van der Waals surface area contributed by atoms with Gasteiger partial charge in [0.25, 0.3) is 0 Å². The van der Waals surface area contributed by atoms with E-state index in [9.17, 15) is 9.59 Å². The number of piperidine rings is 1. The van der Waals surface area contributed by atoms with E-state index in [4.69, 9.17) is 15.2 Å². The predicted molar refractivity (Wildman–Crippen MR) is 153 cm³/mol. The van der Waals surface area contributed by atoms with Crippen molar-refractivity contribution in [1.82, 2.24) is 20.9 Å². The molecule has 218 valence electrons. The lowest BCUT2D eigenvalue weighted by atomic mass is 9.85. The van der Waals surface area contributed by atoms with Gasteiger partial charge in [-0.1, -0.05) is 6.42 Å². The lowest BCUT2D eigenvalue weighted by Gasteiger charge is -2.40. The monoisotopic (exact) mass is 581 g/mol. The Labute approximate surface area is 239 Å². The third-order valence-corrected chi connectivity index (χ3v) is 12.3. The predicted octanol–water partition coefficient (Wildman–Crippen LogP) is -0.745. The Kier molecular flexibility index (Phi) is 8.98. The number of rotatable bonds is 7. The van der Waals surface area contributed by atoms with Gasteiger partial charge in [-0.2, -0.15) is 0 Å². The Morgan fingerprint density at radius 2 is 1.92 bits per heavy atom. The minimum atomic E-state index is -0.364. The highest BCUT2D eigenvalue weighted by Gasteiger charge is 2.50. The number of nitrogens with zero attached hydrogens (tertiary/aromatic N) is 1. The van der Waals surface area contributed by atoms with Crippen LogP contribution >= 0.6 is 23.5 Å². The van der Waals surface area contributed by atoms with Crippen LogP contribution in [0.1, 0.15) is 38.5 Å². The van der Waals surface area contributed by atoms with E-state index in [0.29, 0.717) is 43.2 Å². The summed E-state index contributed by atoms with van der Waals surface area (Å²) in [6.07, 6.45) is 8.43. The molecule has 0 radical (unpaired) electrons. The van der Waals surface area contributed by atoms with Crippen molar-refractivity contribution in [3.63, 3.8) is 0 Å². The lowest BCUT2D eigenvalue weighted by molar-refractivity contribution is -0.431. The summed E-state index contributed by atoms with van der Waals surface area (Å²) in [6, 6.07) is 0.823. The van der Waals surface area contributed by atoms with Crippen molar-refractivity contribution in [2.24, 2.45) is 17.6 Å². The molecule has 8 unspecified atom stereocenters. The van der Waals surface area contributed by atoms with Crippen molar-refractivity contribution in [2.75, 3.05) is 44.4 Å². The number of carbonyl (C=O) groups is 2. The number of fused-ring (bicyclic) bond motifs is 1. The zero-order valence-corrected chi connectivity index (χ0v) is 24.4. The van der Waals surface area contributed by atoms with Gasteiger partial charge in [-0.15, -0.1) is 23.5 Å². The van der Waals surface area contributed by atoms with Gasteiger partial charge in [-0.25, -0.2) is 0 Å². The van der Waals surface area contributed by atoms with Crippen LogP contribution in [-0.2, 0) is 19.1 Å². The van der Waals surface area contributed by atoms with Crippen LogP contribution in [0.4, 0.5) is 0 Å². The number of hydrogen-bond donors (Lipinski definition) is 5. The number of quaternary nitrogens is 1. The second-order valence-electron chi connectivity index (χ2n) is 12.1. The van der Waals surface area contributed by atoms with Crippen molar-refractivity contribution in [3.05, 3.63) is 12.0 Å². The fourth-order valence-electron chi connectivity index (χ4n) is 7.31. The van der Waals surface area contributed by atoms with Crippen LogP contribution in [0.25, 0.3) is 0 Å². The van der Waals surface area contributed by atoms with Gasteiger partial charge in [0.1, 0.15) is 17.4 Å². The van der Waals surface area contributed by atoms with E-state index in [0.717, 1.165) is 49.9 Å². The number of carbonyl (C=O) groups excluding carboxylic acids is 2. The van der Waals surface area contributed by atoms with Gasteiger partial charge < -0.3 is 41.8 Å². The molecule has 39 heavy (non-hydrogen) atoms. The number of hydrogen-bond acceptors (Lipinski definition) is 10. The SMILES string of the molecule is NC(=O)C1NCC(N[C@H]2CCCC[C@H]2[NH3+])CC1NC1CC(C2CSC3C(=O)C=C(N4CCOCC4)OC32)CS1. The maximum atomic E-state index is 13.0. The number of nitrogens with two attached hydrogens (primary N) is 1. The molecule has 6 aliphatic rings. The molecule has 0 spiro atoms. The minimum Gasteiger partial charge on any atom is -0.474 e. The second-order valence-corrected chi connectivity index (χ2v) is 14.5. The van der Waals surface area contributed by atoms with Gasteiger partial charge in [-0.3, -0.25) is 9.59 Å². The molecule has 6 rings (SSSR count). The highest BCUT2D eigenvalue weighted by Crippen LogP contribution is 2.47. The fraction of sp³-hybridized carbons (Fsp3) is 0.852. The van der Waals surface area contributed by atoms with Gasteiger partial charge in [0.15, 0.2) is 11.7 Å². The number of allylic oxidation sites excluding steroid dienone is 1. The molecular weight excluding hydrogens is 536 g/mol. The third-order valence-electron chi connectivity index (χ3n) is 9.54. The molecule has 0 aromatic rings. The summed E-state index contributed by atoms with van der Waals surface area (Å²) in [5.74, 6) is 3.45. The molecule has 8 N–H and O–H groups in total. The molecule has 5 aliphatic heterocycles. The van der Waals surface area contributed by atoms with Gasteiger partial charge in [-0.05, 0) is 37.4 Å². The van der Waals surface area contributed by atoms with E-state index >= 15 is 0 Å². The first kappa shape index (κ1) is 28.1. The summed E-state index contributed by atoms with van der Waals surface area (Å²) in [7, 11) is 0. The Bertz CT molecular complexity index is 936. The molecule has 1 saturated carbocycles. The first-order chi connectivity index (χ1) is 19.0. The number of ether oxygens (including phenoxy) is 2. The fourth-order valence-corrected chi connectivity index (χ4v) is 10.4. The van der Waals surface area contributed by atoms with Gasteiger partial charge >= 0.3 is 0 Å². The van der Waals surface area contributed by atoms with E-state index in [1.807, 2.05) is 11.8 Å². The molecule has 10 atom stereocenters. The van der Waals surface area contributed by atoms with Gasteiger partial charge in [0.2, 0.25) is 5.91 Å². The van der Waals surface area contributed by atoms with Crippen molar-refractivity contribution in [2.45, 2.75) is 85.5 Å². The molecule has 0 aromatic carbocycles. The van der Waals surface area contributed by atoms with Gasteiger partial charge in [0.05, 0.1) is 30.7 Å². The molecule has 0 aromatic heterocycles. The minimum absolute atomic E-state index is 0.00841. The topological polar surface area (TPSA) is 146 Å². The number of thioether (sulfide) groups is 2. The summed E-state index contributed by atoms with van der Waals surface area (Å²) in [5.41, 5.74) is 10.2. The van der Waals surface area contributed by atoms with E-state index in [1.165, 1.54) is 25.7 Å². The normalized spacial score (nSPS) is 43.1. The van der Waals surface area contributed by atoms with Crippen LogP contribution in [0.2, 0.25) is 0 Å². The van der Waals surface area contributed by atoms with Crippen LogP contribution in [0, 0.1) is 11.8 Å². The summed E-state index contributed by atoms with van der Waals surface area (Å²) in [5, 5.41) is 11.3. The van der Waals surface area contributed by atoms with Crippen molar-refractivity contribution >= 4 is 35.2 Å². The number of ketones is 1. The first-order valence-electron chi connectivity index (χ1n) is 14.8. The Morgan fingerprint density at radius 3 is 2.72 bits per heavy atom. The Balaban J connectivity index is 1.06. The average Bonchev–Trinajstić information content (AvgIpc) is 3.58. The number of primary amides is 1. The summed E-state index contributed by atoms with van der Waals surface area (Å²) in [4.78, 5) is 27.5. The largest absolute Gasteiger partial charge is 0.474 e. The van der Waals surface area contributed by atoms with Crippen molar-refractivity contribution < 1.29 is 24.8 Å². The molecule has 0 bridgehead atoms.